The zero-order valence-electron chi connectivity index (χ0n) is 14.3. The van der Waals surface area contributed by atoms with Crippen LogP contribution in [0.3, 0.4) is 0 Å². The Bertz CT molecular complexity index is 637. The van der Waals surface area contributed by atoms with Crippen molar-refractivity contribution in [1.29, 1.82) is 0 Å². The second-order valence-corrected chi connectivity index (χ2v) is 6.97. The Hall–Kier alpha value is -2.15. The highest BCUT2D eigenvalue weighted by molar-refractivity contribution is 6.00. The quantitative estimate of drug-likeness (QED) is 0.609. The number of anilines is 1. The van der Waals surface area contributed by atoms with Crippen LogP contribution in [0.15, 0.2) is 18.2 Å². The molecular weight excluding hydrogens is 322 g/mol. The van der Waals surface area contributed by atoms with Crippen molar-refractivity contribution in [1.82, 2.24) is 5.32 Å². The maximum Gasteiger partial charge on any atom is 0.270 e. The summed E-state index contributed by atoms with van der Waals surface area (Å²) >= 11 is 0. The first-order valence-corrected chi connectivity index (χ1v) is 9.06. The van der Waals surface area contributed by atoms with Gasteiger partial charge in [0.2, 0.25) is 0 Å². The Morgan fingerprint density at radius 1 is 1.28 bits per heavy atom. The molecule has 136 valence electrons. The maximum atomic E-state index is 12.6. The van der Waals surface area contributed by atoms with Gasteiger partial charge in [0.15, 0.2) is 0 Å². The predicted molar refractivity (Wildman–Crippen MR) is 94.8 cm³/mol. The molecule has 1 saturated carbocycles. The summed E-state index contributed by atoms with van der Waals surface area (Å²) in [4.78, 5) is 25.3. The van der Waals surface area contributed by atoms with Gasteiger partial charge < -0.3 is 15.3 Å². The zero-order chi connectivity index (χ0) is 17.8. The van der Waals surface area contributed by atoms with Crippen LogP contribution < -0.4 is 10.2 Å². The smallest absolute Gasteiger partial charge is 0.270 e. The molecule has 1 atom stereocenters. The van der Waals surface area contributed by atoms with Gasteiger partial charge in [0.05, 0.1) is 22.3 Å². The molecule has 25 heavy (non-hydrogen) atoms. The number of hydrogen-bond donors (Lipinski definition) is 2. The Morgan fingerprint density at radius 3 is 2.60 bits per heavy atom. The second kappa shape index (κ2) is 7.82. The number of hydrogen-bond acceptors (Lipinski definition) is 5. The first kappa shape index (κ1) is 17.7. The summed E-state index contributed by atoms with van der Waals surface area (Å²) in [6.45, 7) is 1.89. The average molecular weight is 347 g/mol. The molecule has 1 aromatic rings. The van der Waals surface area contributed by atoms with Crippen LogP contribution in [0, 0.1) is 16.0 Å². The van der Waals surface area contributed by atoms with Crippen molar-refractivity contribution in [2.75, 3.05) is 24.5 Å². The molecule has 0 aromatic heterocycles. The van der Waals surface area contributed by atoms with E-state index in [0.29, 0.717) is 5.56 Å². The summed E-state index contributed by atoms with van der Waals surface area (Å²) in [6, 6.07) is 4.44. The van der Waals surface area contributed by atoms with E-state index in [1.807, 2.05) is 0 Å². The van der Waals surface area contributed by atoms with Crippen molar-refractivity contribution in [3.63, 3.8) is 0 Å². The van der Waals surface area contributed by atoms with Crippen molar-refractivity contribution in [2.45, 2.75) is 44.6 Å². The average Bonchev–Trinajstić information content (AvgIpc) is 3.32. The van der Waals surface area contributed by atoms with Gasteiger partial charge in [-0.15, -0.1) is 0 Å². The first-order chi connectivity index (χ1) is 12.1. The highest BCUT2D eigenvalue weighted by Crippen LogP contribution is 2.29. The summed E-state index contributed by atoms with van der Waals surface area (Å²) in [6.07, 6.45) is 5.79. The molecule has 2 N–H and O–H groups in total. The lowest BCUT2D eigenvalue weighted by Gasteiger charge is -2.22. The summed E-state index contributed by atoms with van der Waals surface area (Å²) in [5, 5.41) is 24.1. The van der Waals surface area contributed by atoms with Gasteiger partial charge in [0.25, 0.3) is 11.6 Å². The van der Waals surface area contributed by atoms with Crippen LogP contribution in [0.1, 0.15) is 48.9 Å². The standard InChI is InChI=1S/C18H25N3O4/c22-17(13-5-1-2-6-13)12-19-18(23)15-11-14(21(24)25)7-8-16(15)20-9-3-4-10-20/h7-8,11,13,17,22H,1-6,9-10,12H2,(H,19,23). The SMILES string of the molecule is O=C(NCC(O)C1CCCC1)c1cc([N+](=O)[O-])ccc1N1CCCC1. The number of aliphatic hydroxyl groups is 1. The highest BCUT2D eigenvalue weighted by Gasteiger charge is 2.26. The molecule has 0 spiro atoms. The Balaban J connectivity index is 1.74. The molecule has 1 amide bonds. The summed E-state index contributed by atoms with van der Waals surface area (Å²) in [5.74, 6) is -0.119. The number of amides is 1. The highest BCUT2D eigenvalue weighted by atomic mass is 16.6. The molecule has 2 fully saturated rings. The molecule has 1 saturated heterocycles. The van der Waals surface area contributed by atoms with Gasteiger partial charge in [-0.3, -0.25) is 14.9 Å². The normalized spacial score (nSPS) is 19.2. The summed E-state index contributed by atoms with van der Waals surface area (Å²) in [5.41, 5.74) is 0.954. The lowest BCUT2D eigenvalue weighted by molar-refractivity contribution is -0.384. The van der Waals surface area contributed by atoms with E-state index >= 15 is 0 Å². The fourth-order valence-electron chi connectivity index (χ4n) is 3.85. The number of carbonyl (C=O) groups excluding carboxylic acids is 1. The van der Waals surface area contributed by atoms with Crippen LogP contribution >= 0.6 is 0 Å². The molecule has 1 aromatic carbocycles. The third-order valence-electron chi connectivity index (χ3n) is 5.30. The van der Waals surface area contributed by atoms with E-state index in [2.05, 4.69) is 10.2 Å². The van der Waals surface area contributed by atoms with Gasteiger partial charge in [-0.2, -0.15) is 0 Å². The van der Waals surface area contributed by atoms with Crippen molar-refractivity contribution in [3.05, 3.63) is 33.9 Å². The van der Waals surface area contributed by atoms with Crippen LogP contribution in [-0.4, -0.2) is 41.7 Å². The fourth-order valence-corrected chi connectivity index (χ4v) is 3.85. The Kier molecular flexibility index (Phi) is 5.53. The van der Waals surface area contributed by atoms with Crippen molar-refractivity contribution < 1.29 is 14.8 Å². The molecule has 7 nitrogen and oxygen atoms in total. The number of aliphatic hydroxyl groups excluding tert-OH is 1. The first-order valence-electron chi connectivity index (χ1n) is 9.06. The topological polar surface area (TPSA) is 95.7 Å². The van der Waals surface area contributed by atoms with E-state index in [9.17, 15) is 20.0 Å². The predicted octanol–water partition coefficient (Wildman–Crippen LogP) is 2.48. The maximum absolute atomic E-state index is 12.6. The number of benzene rings is 1. The molecule has 3 rings (SSSR count). The van der Waals surface area contributed by atoms with Gasteiger partial charge in [0, 0.05) is 31.8 Å². The molecular formula is C18H25N3O4. The van der Waals surface area contributed by atoms with Gasteiger partial charge in [-0.05, 0) is 37.7 Å². The zero-order valence-corrected chi connectivity index (χ0v) is 14.3. The summed E-state index contributed by atoms with van der Waals surface area (Å²) in [7, 11) is 0. The van der Waals surface area contributed by atoms with Crippen molar-refractivity contribution >= 4 is 17.3 Å². The second-order valence-electron chi connectivity index (χ2n) is 6.97. The van der Waals surface area contributed by atoms with Gasteiger partial charge in [-0.25, -0.2) is 0 Å². The van der Waals surface area contributed by atoms with Gasteiger partial charge in [0.1, 0.15) is 0 Å². The summed E-state index contributed by atoms with van der Waals surface area (Å²) < 4.78 is 0. The van der Waals surface area contributed by atoms with E-state index in [0.717, 1.165) is 57.3 Å². The number of rotatable bonds is 6. The minimum atomic E-state index is -0.555. The molecule has 0 radical (unpaired) electrons. The van der Waals surface area contributed by atoms with Crippen LogP contribution in [0.2, 0.25) is 0 Å². The lowest BCUT2D eigenvalue weighted by Crippen LogP contribution is -2.36. The van der Waals surface area contributed by atoms with Gasteiger partial charge in [-0.1, -0.05) is 12.8 Å². The van der Waals surface area contributed by atoms with Crippen LogP contribution in [0.25, 0.3) is 0 Å². The molecule has 7 heteroatoms. The Morgan fingerprint density at radius 2 is 1.96 bits per heavy atom. The minimum absolute atomic E-state index is 0.0931. The van der Waals surface area contributed by atoms with E-state index in [1.165, 1.54) is 12.1 Å². The Labute approximate surface area is 147 Å². The molecule has 1 unspecified atom stereocenters. The van der Waals surface area contributed by atoms with E-state index in [1.54, 1.807) is 6.07 Å². The number of nitrogens with one attached hydrogen (secondary N) is 1. The monoisotopic (exact) mass is 347 g/mol. The minimum Gasteiger partial charge on any atom is -0.391 e. The van der Waals surface area contributed by atoms with E-state index in [-0.39, 0.29) is 24.1 Å². The third kappa shape index (κ3) is 4.10. The number of nitrogens with zero attached hydrogens (tertiary/aromatic N) is 2. The fraction of sp³-hybridized carbons (Fsp3) is 0.611. The molecule has 0 bridgehead atoms. The molecule has 2 aliphatic rings. The number of carbonyl (C=O) groups is 1. The largest absolute Gasteiger partial charge is 0.391 e. The molecule has 1 aliphatic carbocycles. The van der Waals surface area contributed by atoms with Crippen LogP contribution in [-0.2, 0) is 0 Å². The number of nitro groups is 1. The third-order valence-corrected chi connectivity index (χ3v) is 5.30. The van der Waals surface area contributed by atoms with Crippen molar-refractivity contribution in [2.24, 2.45) is 5.92 Å². The molecule has 1 heterocycles. The van der Waals surface area contributed by atoms with Crippen LogP contribution in [0.4, 0.5) is 11.4 Å². The van der Waals surface area contributed by atoms with Gasteiger partial charge >= 0.3 is 0 Å². The molecule has 1 aliphatic heterocycles. The van der Waals surface area contributed by atoms with E-state index < -0.39 is 11.0 Å². The van der Waals surface area contributed by atoms with Crippen molar-refractivity contribution in [3.8, 4) is 0 Å². The number of non-ortho nitro benzene ring substituents is 1. The number of nitro benzene ring substituents is 1. The van der Waals surface area contributed by atoms with Crippen LogP contribution in [0.5, 0.6) is 0 Å². The van der Waals surface area contributed by atoms with E-state index in [4.69, 9.17) is 0 Å². The lowest BCUT2D eigenvalue weighted by atomic mass is 10.0.